The Kier molecular flexibility index (Phi) is 9.35. The van der Waals surface area contributed by atoms with Gasteiger partial charge >= 0.3 is 12.1 Å². The summed E-state index contributed by atoms with van der Waals surface area (Å²) in [4.78, 5) is 36.9. The molecule has 1 saturated heterocycles. The molecule has 4 bridgehead atoms. The van der Waals surface area contributed by atoms with E-state index in [1.807, 2.05) is 0 Å². The largest absolute Gasteiger partial charge is 0.490 e. The molecule has 1 aromatic carbocycles. The molecule has 1 aliphatic heterocycles. The Morgan fingerprint density at radius 2 is 1.54 bits per heavy atom. The number of ether oxygens (including phenoxy) is 1. The summed E-state index contributed by atoms with van der Waals surface area (Å²) in [5.41, 5.74) is -3.32. The molecule has 0 radical (unpaired) electrons. The molecule has 308 valence electrons. The van der Waals surface area contributed by atoms with Gasteiger partial charge in [-0.2, -0.15) is 13.2 Å². The Balaban J connectivity index is 1.02. The zero-order valence-corrected chi connectivity index (χ0v) is 31.3. The molecule has 3 heterocycles. The summed E-state index contributed by atoms with van der Waals surface area (Å²) in [6, 6.07) is 4.75. The third kappa shape index (κ3) is 7.04. The van der Waals surface area contributed by atoms with Crippen LogP contribution in [0, 0.1) is 23.7 Å². The maximum absolute atomic E-state index is 14.9. The van der Waals surface area contributed by atoms with Crippen molar-refractivity contribution in [3.05, 3.63) is 41.9 Å². The number of aliphatic carboxylic acids is 1. The standard InChI is InChI=1S/C41H46F7N5O4/c42-38(43)11-9-27(10-12-38)53-19-32(30-8-7-29(17-33(30)53)57-28-5-3-26(4-6-28)52-20-39(44,45)21-52)35-49-18-31(34(50-35)41(46,47)48)36(54)51-40(37(55)56)24-2-1-22-13-23(15-24)16-25(40)14-22/h7-8,17-19,22-28H,1-6,9-16,20-21H2,(H,51,54)(H,55,56). The lowest BCUT2D eigenvalue weighted by molar-refractivity contribution is -0.154. The third-order valence-electron chi connectivity index (χ3n) is 14.2. The minimum absolute atomic E-state index is 0.0653. The van der Waals surface area contributed by atoms with Crippen LogP contribution in [-0.4, -0.2) is 79.0 Å². The zero-order valence-electron chi connectivity index (χ0n) is 31.3. The first kappa shape index (κ1) is 38.6. The molecule has 3 aromatic rings. The van der Waals surface area contributed by atoms with Crippen LogP contribution in [0.1, 0.15) is 112 Å². The van der Waals surface area contributed by atoms with Gasteiger partial charge < -0.3 is 19.7 Å². The summed E-state index contributed by atoms with van der Waals surface area (Å²) in [7, 11) is 0. The van der Waals surface area contributed by atoms with Crippen LogP contribution in [-0.2, 0) is 11.0 Å². The fourth-order valence-corrected chi connectivity index (χ4v) is 11.4. The predicted molar refractivity (Wildman–Crippen MR) is 193 cm³/mol. The van der Waals surface area contributed by atoms with Gasteiger partial charge in [0, 0.05) is 54.3 Å². The number of likely N-dealkylation sites (tertiary alicyclic amines) is 1. The number of nitrogens with zero attached hydrogens (tertiary/aromatic N) is 4. The van der Waals surface area contributed by atoms with Crippen LogP contribution in [0.2, 0.25) is 0 Å². The maximum atomic E-state index is 14.9. The van der Waals surface area contributed by atoms with E-state index in [4.69, 9.17) is 4.74 Å². The molecule has 0 spiro atoms. The minimum Gasteiger partial charge on any atom is -0.490 e. The number of carboxylic acid groups (broad SMARTS) is 1. The van der Waals surface area contributed by atoms with Crippen LogP contribution in [0.25, 0.3) is 22.3 Å². The molecular weight excluding hydrogens is 759 g/mol. The zero-order chi connectivity index (χ0) is 40.1. The number of hydrogen-bond acceptors (Lipinski definition) is 6. The van der Waals surface area contributed by atoms with Gasteiger partial charge in [-0.15, -0.1) is 0 Å². The van der Waals surface area contributed by atoms with Gasteiger partial charge in [-0.05, 0) is 106 Å². The summed E-state index contributed by atoms with van der Waals surface area (Å²) in [5.74, 6) is -7.86. The first-order chi connectivity index (χ1) is 27.0. The van der Waals surface area contributed by atoms with Gasteiger partial charge in [0.1, 0.15) is 11.3 Å². The molecule has 16 heteroatoms. The van der Waals surface area contributed by atoms with Crippen molar-refractivity contribution in [2.45, 2.75) is 132 Å². The molecule has 57 heavy (non-hydrogen) atoms. The fraction of sp³-hybridized carbons (Fsp3) is 0.659. The van der Waals surface area contributed by atoms with Crippen molar-refractivity contribution < 1.29 is 50.2 Å². The monoisotopic (exact) mass is 805 g/mol. The topological polar surface area (TPSA) is 110 Å². The second kappa shape index (κ2) is 13.8. The molecule has 5 atom stereocenters. The second-order valence-corrected chi connectivity index (χ2v) is 17.8. The van der Waals surface area contributed by atoms with E-state index < -0.39 is 64.6 Å². The molecular formula is C41H46F7N5O4. The SMILES string of the molecule is O=C(NC1(C(=O)O)C2CCC3CC(C2)CC1C3)c1cnc(-c2cn(C3CCC(F)(F)CC3)c3cc(OC4CCC(N5CC(F)(F)C5)CC4)ccc23)nc1C(F)(F)F. The van der Waals surface area contributed by atoms with Crippen LogP contribution in [0.15, 0.2) is 30.6 Å². The van der Waals surface area contributed by atoms with Gasteiger partial charge in [-0.1, -0.05) is 6.42 Å². The van der Waals surface area contributed by atoms with Gasteiger partial charge in [0.2, 0.25) is 5.92 Å². The number of fused-ring (bicyclic) bond motifs is 2. The fourth-order valence-electron chi connectivity index (χ4n) is 11.4. The third-order valence-corrected chi connectivity index (χ3v) is 14.2. The molecule has 6 saturated carbocycles. The number of amides is 1. The smallest absolute Gasteiger partial charge is 0.434 e. The lowest BCUT2D eigenvalue weighted by Crippen LogP contribution is -2.66. The molecule has 5 unspecified atom stereocenters. The summed E-state index contributed by atoms with van der Waals surface area (Å²) >= 11 is 0. The van der Waals surface area contributed by atoms with E-state index >= 15 is 0 Å². The quantitative estimate of drug-likeness (QED) is 0.219. The summed E-state index contributed by atoms with van der Waals surface area (Å²) in [6.07, 6.45) is 3.54. The van der Waals surface area contributed by atoms with Crippen molar-refractivity contribution in [2.75, 3.05) is 13.1 Å². The summed E-state index contributed by atoms with van der Waals surface area (Å²) < 4.78 is 108. The summed E-state index contributed by atoms with van der Waals surface area (Å²) in [5, 5.41) is 13.7. The Hall–Kier alpha value is -3.95. The number of carbonyl (C=O) groups excluding carboxylic acids is 1. The molecule has 2 N–H and O–H groups in total. The van der Waals surface area contributed by atoms with Crippen LogP contribution in [0.3, 0.4) is 0 Å². The molecule has 10 rings (SSSR count). The predicted octanol–water partition coefficient (Wildman–Crippen LogP) is 8.91. The maximum Gasteiger partial charge on any atom is 0.434 e. The van der Waals surface area contributed by atoms with Crippen molar-refractivity contribution in [2.24, 2.45) is 23.7 Å². The Morgan fingerprint density at radius 1 is 0.842 bits per heavy atom. The highest BCUT2D eigenvalue weighted by molar-refractivity contribution is 6.00. The summed E-state index contributed by atoms with van der Waals surface area (Å²) in [6.45, 7) is -0.466. The normalized spacial score (nSPS) is 32.5. The number of rotatable bonds is 8. The van der Waals surface area contributed by atoms with E-state index in [9.17, 15) is 45.4 Å². The van der Waals surface area contributed by atoms with E-state index in [0.717, 1.165) is 19.0 Å². The minimum atomic E-state index is -5.11. The van der Waals surface area contributed by atoms with E-state index in [0.29, 0.717) is 79.9 Å². The Labute approximate surface area is 324 Å². The number of alkyl halides is 7. The van der Waals surface area contributed by atoms with E-state index in [1.54, 1.807) is 33.9 Å². The van der Waals surface area contributed by atoms with Crippen molar-refractivity contribution in [1.82, 2.24) is 24.8 Å². The molecule has 7 aliphatic rings. The molecule has 6 aliphatic carbocycles. The lowest BCUT2D eigenvalue weighted by Gasteiger charge is -2.50. The van der Waals surface area contributed by atoms with Crippen LogP contribution in [0.4, 0.5) is 30.7 Å². The van der Waals surface area contributed by atoms with Gasteiger partial charge in [-0.25, -0.2) is 32.3 Å². The van der Waals surface area contributed by atoms with Gasteiger partial charge in [0.05, 0.1) is 30.3 Å². The molecule has 7 fully saturated rings. The van der Waals surface area contributed by atoms with Crippen LogP contribution >= 0.6 is 0 Å². The molecule has 1 amide bonds. The highest BCUT2D eigenvalue weighted by Gasteiger charge is 2.60. The first-order valence-electron chi connectivity index (χ1n) is 20.3. The molecule has 9 nitrogen and oxygen atoms in total. The van der Waals surface area contributed by atoms with Crippen molar-refractivity contribution in [3.63, 3.8) is 0 Å². The van der Waals surface area contributed by atoms with Crippen molar-refractivity contribution in [3.8, 4) is 17.1 Å². The van der Waals surface area contributed by atoms with E-state index in [2.05, 4.69) is 15.3 Å². The van der Waals surface area contributed by atoms with Crippen LogP contribution < -0.4 is 10.1 Å². The van der Waals surface area contributed by atoms with Crippen molar-refractivity contribution in [1.29, 1.82) is 0 Å². The van der Waals surface area contributed by atoms with Crippen molar-refractivity contribution >= 4 is 22.8 Å². The number of halogens is 7. The van der Waals surface area contributed by atoms with Crippen LogP contribution in [0.5, 0.6) is 5.75 Å². The van der Waals surface area contributed by atoms with Gasteiger partial charge in [-0.3, -0.25) is 9.69 Å². The Bertz CT molecular complexity index is 2040. The first-order valence-corrected chi connectivity index (χ1v) is 20.3. The number of hydrogen-bond donors (Lipinski definition) is 2. The second-order valence-electron chi connectivity index (χ2n) is 17.8. The number of carboxylic acids is 1. The number of nitrogens with one attached hydrogen (secondary N) is 1. The lowest BCUT2D eigenvalue weighted by atomic mass is 9.58. The number of carbonyl (C=O) groups is 2. The Morgan fingerprint density at radius 3 is 2.23 bits per heavy atom. The highest BCUT2D eigenvalue weighted by Crippen LogP contribution is 2.56. The van der Waals surface area contributed by atoms with E-state index in [-0.39, 0.29) is 62.3 Å². The average Bonchev–Trinajstić information content (AvgIpc) is 3.40. The number of benzene rings is 1. The van der Waals surface area contributed by atoms with E-state index in [1.165, 1.54) is 0 Å². The van der Waals surface area contributed by atoms with Gasteiger partial charge in [0.15, 0.2) is 11.5 Å². The number of aromatic nitrogens is 3. The highest BCUT2D eigenvalue weighted by atomic mass is 19.4. The van der Waals surface area contributed by atoms with Gasteiger partial charge in [0.25, 0.3) is 11.8 Å². The molecule has 2 aromatic heterocycles. The average molecular weight is 806 g/mol.